The first-order valence-corrected chi connectivity index (χ1v) is 11.5. The highest BCUT2D eigenvalue weighted by molar-refractivity contribution is 5.81. The van der Waals surface area contributed by atoms with Gasteiger partial charge in [-0.1, -0.05) is 24.6 Å². The van der Waals surface area contributed by atoms with Gasteiger partial charge < -0.3 is 20.0 Å². The molecule has 0 radical (unpaired) electrons. The monoisotopic (exact) mass is 411 g/mol. The first-order chi connectivity index (χ1) is 14.6. The summed E-state index contributed by atoms with van der Waals surface area (Å²) >= 11 is 0. The van der Waals surface area contributed by atoms with Crippen molar-refractivity contribution in [2.75, 3.05) is 46.8 Å². The van der Waals surface area contributed by atoms with Gasteiger partial charge in [-0.3, -0.25) is 9.89 Å². The summed E-state index contributed by atoms with van der Waals surface area (Å²) in [4.78, 5) is 9.72. The zero-order valence-corrected chi connectivity index (χ0v) is 18.8. The molecule has 30 heavy (non-hydrogen) atoms. The number of guanidine groups is 1. The smallest absolute Gasteiger partial charge is 0.191 e. The quantitative estimate of drug-likeness (QED) is 0.581. The number of hydrogen-bond acceptors (Lipinski definition) is 4. The lowest BCUT2D eigenvalue weighted by Gasteiger charge is -2.50. The van der Waals surface area contributed by atoms with E-state index in [1.54, 1.807) is 0 Å². The average molecular weight is 412 g/mol. The second kappa shape index (κ2) is 9.40. The molecule has 2 fully saturated rings. The topological polar surface area (TPSA) is 56.0 Å². The van der Waals surface area contributed by atoms with Crippen molar-refractivity contribution < 1.29 is 4.42 Å². The minimum Gasteiger partial charge on any atom is -0.459 e. The van der Waals surface area contributed by atoms with E-state index in [4.69, 9.17) is 4.42 Å². The van der Waals surface area contributed by atoms with Crippen molar-refractivity contribution in [3.8, 4) is 0 Å². The van der Waals surface area contributed by atoms with Crippen LogP contribution in [0.2, 0.25) is 0 Å². The molecule has 2 N–H and O–H groups in total. The van der Waals surface area contributed by atoms with Crippen LogP contribution in [0.5, 0.6) is 0 Å². The molecule has 4 rings (SSSR count). The molecule has 0 bridgehead atoms. The fourth-order valence-electron chi connectivity index (χ4n) is 4.94. The molecule has 1 aromatic heterocycles. The molecule has 0 amide bonds. The van der Waals surface area contributed by atoms with Crippen LogP contribution in [0.15, 0.2) is 39.7 Å². The molecule has 3 heterocycles. The molecule has 2 saturated heterocycles. The van der Waals surface area contributed by atoms with Crippen molar-refractivity contribution >= 4 is 16.9 Å². The lowest BCUT2D eigenvalue weighted by Crippen LogP contribution is -2.62. The van der Waals surface area contributed by atoms with E-state index in [1.165, 1.54) is 58.3 Å². The van der Waals surface area contributed by atoms with E-state index in [2.05, 4.69) is 51.5 Å². The summed E-state index contributed by atoms with van der Waals surface area (Å²) in [5.74, 6) is 1.78. The van der Waals surface area contributed by atoms with Gasteiger partial charge in [0.05, 0.1) is 6.04 Å². The zero-order chi connectivity index (χ0) is 21.0. The number of piperidine rings is 2. The van der Waals surface area contributed by atoms with E-state index in [0.29, 0.717) is 0 Å². The number of fused-ring (bicyclic) bond motifs is 1. The lowest BCUT2D eigenvalue weighted by atomic mass is 9.84. The molecule has 1 aromatic carbocycles. The third-order valence-electron chi connectivity index (χ3n) is 6.98. The Morgan fingerprint density at radius 2 is 1.87 bits per heavy atom. The van der Waals surface area contributed by atoms with Gasteiger partial charge in [-0.25, -0.2) is 0 Å². The van der Waals surface area contributed by atoms with Gasteiger partial charge in [0.2, 0.25) is 0 Å². The predicted octanol–water partition coefficient (Wildman–Crippen LogP) is 3.61. The minimum absolute atomic E-state index is 0.0482. The van der Waals surface area contributed by atoms with Crippen molar-refractivity contribution in [2.45, 2.75) is 50.6 Å². The Bertz CT molecular complexity index is 813. The molecule has 2 aromatic rings. The summed E-state index contributed by atoms with van der Waals surface area (Å²) < 4.78 is 6.04. The largest absolute Gasteiger partial charge is 0.459 e. The number of likely N-dealkylation sites (tertiary alicyclic amines) is 2. The molecule has 1 unspecified atom stereocenters. The van der Waals surface area contributed by atoms with Crippen LogP contribution in [0.3, 0.4) is 0 Å². The lowest BCUT2D eigenvalue weighted by molar-refractivity contribution is 0.0173. The van der Waals surface area contributed by atoms with Crippen molar-refractivity contribution in [2.24, 2.45) is 4.99 Å². The van der Waals surface area contributed by atoms with E-state index in [0.717, 1.165) is 29.2 Å². The Hall–Kier alpha value is -2.05. The molecule has 1 atom stereocenters. The molecule has 0 aliphatic carbocycles. The van der Waals surface area contributed by atoms with Crippen LogP contribution in [0.25, 0.3) is 11.0 Å². The Balaban J connectivity index is 1.41. The number of rotatable bonds is 5. The number of benzene rings is 1. The Morgan fingerprint density at radius 1 is 1.13 bits per heavy atom. The van der Waals surface area contributed by atoms with Crippen molar-refractivity contribution in [1.29, 1.82) is 0 Å². The van der Waals surface area contributed by atoms with Crippen molar-refractivity contribution in [1.82, 2.24) is 20.4 Å². The third-order valence-corrected chi connectivity index (χ3v) is 6.98. The minimum atomic E-state index is 0.0482. The van der Waals surface area contributed by atoms with Gasteiger partial charge in [0.25, 0.3) is 0 Å². The van der Waals surface area contributed by atoms with Gasteiger partial charge in [-0.05, 0) is 78.0 Å². The number of nitrogens with zero attached hydrogens (tertiary/aromatic N) is 3. The van der Waals surface area contributed by atoms with Crippen LogP contribution in [0.4, 0.5) is 0 Å². The normalized spacial score (nSPS) is 22.2. The van der Waals surface area contributed by atoms with Gasteiger partial charge in [0.15, 0.2) is 5.96 Å². The number of furan rings is 1. The molecule has 6 heteroatoms. The van der Waals surface area contributed by atoms with Crippen LogP contribution in [-0.2, 0) is 0 Å². The zero-order valence-electron chi connectivity index (χ0n) is 18.8. The van der Waals surface area contributed by atoms with E-state index in [9.17, 15) is 0 Å². The SMILES string of the molecule is CN=C(NCC1(N2CCCCC2)CCN(C)CC1)NC(C)c1cc2ccccc2o1. The second-order valence-corrected chi connectivity index (χ2v) is 9.05. The predicted molar refractivity (Wildman–Crippen MR) is 124 cm³/mol. The fourth-order valence-corrected chi connectivity index (χ4v) is 4.94. The summed E-state index contributed by atoms with van der Waals surface area (Å²) in [6, 6.07) is 10.3. The second-order valence-electron chi connectivity index (χ2n) is 9.05. The van der Waals surface area contributed by atoms with Crippen LogP contribution >= 0.6 is 0 Å². The standard InChI is InChI=1S/C24H37N5O/c1-19(22-17-20-9-5-6-10-21(20)30-22)27-23(25-2)26-18-24(11-15-28(3)16-12-24)29-13-7-4-8-14-29/h5-6,9-10,17,19H,4,7-8,11-16,18H2,1-3H3,(H2,25,26,27). The van der Waals surface area contributed by atoms with Crippen molar-refractivity contribution in [3.05, 3.63) is 36.1 Å². The first kappa shape index (κ1) is 21.2. The summed E-state index contributed by atoms with van der Waals surface area (Å²) in [6.45, 7) is 7.85. The van der Waals surface area contributed by atoms with E-state index >= 15 is 0 Å². The number of hydrogen-bond donors (Lipinski definition) is 2. The van der Waals surface area contributed by atoms with Gasteiger partial charge in [0, 0.05) is 24.5 Å². The summed E-state index contributed by atoms with van der Waals surface area (Å²) in [5, 5.41) is 8.33. The Morgan fingerprint density at radius 3 is 2.57 bits per heavy atom. The van der Waals surface area contributed by atoms with Gasteiger partial charge in [-0.2, -0.15) is 0 Å². The fraction of sp³-hybridized carbons (Fsp3) is 0.625. The maximum absolute atomic E-state index is 6.04. The molecule has 6 nitrogen and oxygen atoms in total. The Kier molecular flexibility index (Phi) is 6.64. The van der Waals surface area contributed by atoms with Crippen LogP contribution in [-0.4, -0.2) is 68.1 Å². The molecule has 0 saturated carbocycles. The van der Waals surface area contributed by atoms with Gasteiger partial charge >= 0.3 is 0 Å². The number of para-hydroxylation sites is 1. The highest BCUT2D eigenvalue weighted by atomic mass is 16.3. The van der Waals surface area contributed by atoms with Crippen LogP contribution in [0, 0.1) is 0 Å². The third kappa shape index (κ3) is 4.65. The summed E-state index contributed by atoms with van der Waals surface area (Å²) in [6.07, 6.45) is 6.46. The molecule has 2 aliphatic heterocycles. The molecule has 0 spiro atoms. The summed E-state index contributed by atoms with van der Waals surface area (Å²) in [7, 11) is 4.09. The maximum Gasteiger partial charge on any atom is 0.191 e. The maximum atomic E-state index is 6.04. The summed E-state index contributed by atoms with van der Waals surface area (Å²) in [5.41, 5.74) is 1.16. The molecule has 2 aliphatic rings. The molecular weight excluding hydrogens is 374 g/mol. The van der Waals surface area contributed by atoms with Gasteiger partial charge in [0.1, 0.15) is 11.3 Å². The van der Waals surface area contributed by atoms with Crippen LogP contribution in [0.1, 0.15) is 50.8 Å². The first-order valence-electron chi connectivity index (χ1n) is 11.5. The van der Waals surface area contributed by atoms with Crippen molar-refractivity contribution in [3.63, 3.8) is 0 Å². The highest BCUT2D eigenvalue weighted by Crippen LogP contribution is 2.31. The average Bonchev–Trinajstić information content (AvgIpc) is 3.23. The van der Waals surface area contributed by atoms with E-state index in [1.807, 2.05) is 25.2 Å². The number of aliphatic imine (C=N–C) groups is 1. The highest BCUT2D eigenvalue weighted by Gasteiger charge is 2.39. The molecular formula is C24H37N5O. The Labute approximate surface area is 180 Å². The van der Waals surface area contributed by atoms with E-state index < -0.39 is 0 Å². The van der Waals surface area contributed by atoms with E-state index in [-0.39, 0.29) is 11.6 Å². The molecule has 164 valence electrons. The number of nitrogens with one attached hydrogen (secondary N) is 2. The van der Waals surface area contributed by atoms with Gasteiger partial charge in [-0.15, -0.1) is 0 Å². The van der Waals surface area contributed by atoms with Crippen LogP contribution < -0.4 is 10.6 Å².